The number of carbonyl (C=O) groups is 2. The molecule has 1 heterocycles. The molecular weight excluding hydrogens is 456 g/mol. The van der Waals surface area contributed by atoms with Gasteiger partial charge in [-0.15, -0.1) is 0 Å². The van der Waals surface area contributed by atoms with Gasteiger partial charge in [0.15, 0.2) is 23.0 Å². The number of hydrogen-bond donors (Lipinski definition) is 1. The van der Waals surface area contributed by atoms with E-state index in [0.717, 1.165) is 12.1 Å². The van der Waals surface area contributed by atoms with Crippen molar-refractivity contribution in [1.82, 2.24) is 9.80 Å². The molecule has 1 amide bonds. The Morgan fingerprint density at radius 3 is 2.56 bits per heavy atom. The number of nitrogens with zero attached hydrogens (tertiary/aromatic N) is 2. The van der Waals surface area contributed by atoms with Gasteiger partial charge >= 0.3 is 0 Å². The molecule has 0 saturated carbocycles. The number of rotatable bonds is 13. The monoisotopic (exact) mass is 490 g/mol. The van der Waals surface area contributed by atoms with Crippen LogP contribution >= 0.6 is 0 Å². The summed E-state index contributed by atoms with van der Waals surface area (Å²) < 4.78 is 11.5. The first-order valence-electron chi connectivity index (χ1n) is 12.0. The lowest BCUT2D eigenvalue weighted by atomic mass is 9.95. The Morgan fingerprint density at radius 2 is 1.89 bits per heavy atom. The molecule has 1 unspecified atom stereocenters. The molecule has 0 aromatic heterocycles. The van der Waals surface area contributed by atoms with Crippen molar-refractivity contribution in [2.75, 3.05) is 40.4 Å². The Kier molecular flexibility index (Phi) is 9.47. The minimum Gasteiger partial charge on any atom is -0.503 e. The SMILES string of the molecule is C=CCOc1ccc(C2C(C(=O)C=Cc3ccccc3)=C(O)C(=O)N2CCCN(C)C)cc1OCC. The number of benzene rings is 2. The van der Waals surface area contributed by atoms with Gasteiger partial charge in [-0.2, -0.15) is 0 Å². The predicted molar refractivity (Wildman–Crippen MR) is 141 cm³/mol. The molecule has 2 aromatic carbocycles. The van der Waals surface area contributed by atoms with Crippen LogP contribution in [0.15, 0.2) is 78.6 Å². The molecule has 1 aliphatic heterocycles. The molecule has 0 spiro atoms. The van der Waals surface area contributed by atoms with E-state index in [1.807, 2.05) is 56.3 Å². The Balaban J connectivity index is 2.01. The largest absolute Gasteiger partial charge is 0.503 e. The lowest BCUT2D eigenvalue weighted by Gasteiger charge is -2.27. The maximum atomic E-state index is 13.3. The number of allylic oxidation sites excluding steroid dienone is 1. The molecule has 1 N–H and O–H groups in total. The van der Waals surface area contributed by atoms with E-state index in [2.05, 4.69) is 6.58 Å². The molecule has 0 bridgehead atoms. The highest BCUT2D eigenvalue weighted by Gasteiger charge is 2.42. The van der Waals surface area contributed by atoms with Crippen LogP contribution in [-0.2, 0) is 9.59 Å². The molecule has 1 aliphatic rings. The number of ketones is 1. The van der Waals surface area contributed by atoms with Crippen molar-refractivity contribution in [3.8, 4) is 11.5 Å². The van der Waals surface area contributed by atoms with Crippen molar-refractivity contribution >= 4 is 17.8 Å². The highest BCUT2D eigenvalue weighted by atomic mass is 16.5. The van der Waals surface area contributed by atoms with Crippen LogP contribution in [0.1, 0.15) is 30.5 Å². The summed E-state index contributed by atoms with van der Waals surface area (Å²) in [5, 5.41) is 10.8. The third kappa shape index (κ3) is 6.43. The summed E-state index contributed by atoms with van der Waals surface area (Å²) in [4.78, 5) is 30.1. The number of amides is 1. The molecule has 0 radical (unpaired) electrons. The predicted octanol–water partition coefficient (Wildman–Crippen LogP) is 4.58. The zero-order valence-electron chi connectivity index (χ0n) is 21.1. The highest BCUT2D eigenvalue weighted by Crippen LogP contribution is 2.41. The van der Waals surface area contributed by atoms with Crippen molar-refractivity contribution in [2.24, 2.45) is 0 Å². The Labute approximate surface area is 212 Å². The fourth-order valence-electron chi connectivity index (χ4n) is 4.10. The quantitative estimate of drug-likeness (QED) is 0.327. The number of aliphatic hydroxyl groups is 1. The van der Waals surface area contributed by atoms with E-state index >= 15 is 0 Å². The Hall–Kier alpha value is -3.84. The van der Waals surface area contributed by atoms with E-state index in [-0.39, 0.29) is 5.57 Å². The zero-order chi connectivity index (χ0) is 26.1. The first kappa shape index (κ1) is 26.8. The van der Waals surface area contributed by atoms with Crippen LogP contribution in [0.25, 0.3) is 6.08 Å². The van der Waals surface area contributed by atoms with Gasteiger partial charge in [0.2, 0.25) is 0 Å². The standard InChI is InChI=1S/C29H34N2O5/c1-5-19-36-24-16-14-22(20-25(24)35-6-2)27-26(23(32)15-13-21-11-8-7-9-12-21)28(33)29(34)31(27)18-10-17-30(3)4/h5,7-9,11-16,20,27,33H,1,6,10,17-19H2,2-4H3. The van der Waals surface area contributed by atoms with E-state index in [9.17, 15) is 14.7 Å². The molecule has 2 aromatic rings. The lowest BCUT2D eigenvalue weighted by molar-refractivity contribution is -0.129. The molecule has 36 heavy (non-hydrogen) atoms. The number of hydrogen-bond acceptors (Lipinski definition) is 6. The number of carbonyl (C=O) groups excluding carboxylic acids is 2. The van der Waals surface area contributed by atoms with Crippen LogP contribution in [0.5, 0.6) is 11.5 Å². The van der Waals surface area contributed by atoms with Crippen LogP contribution < -0.4 is 9.47 Å². The van der Waals surface area contributed by atoms with Crippen molar-refractivity contribution < 1.29 is 24.2 Å². The summed E-state index contributed by atoms with van der Waals surface area (Å²) >= 11 is 0. The maximum absolute atomic E-state index is 13.3. The van der Waals surface area contributed by atoms with Crippen molar-refractivity contribution in [3.63, 3.8) is 0 Å². The third-order valence-electron chi connectivity index (χ3n) is 5.74. The summed E-state index contributed by atoms with van der Waals surface area (Å²) in [7, 11) is 3.91. The lowest BCUT2D eigenvalue weighted by Crippen LogP contribution is -2.33. The topological polar surface area (TPSA) is 79.3 Å². The first-order chi connectivity index (χ1) is 17.4. The van der Waals surface area contributed by atoms with Gasteiger partial charge in [0.05, 0.1) is 18.2 Å². The van der Waals surface area contributed by atoms with E-state index in [0.29, 0.717) is 43.2 Å². The molecule has 190 valence electrons. The van der Waals surface area contributed by atoms with Crippen LogP contribution in [0, 0.1) is 0 Å². The molecule has 7 heteroatoms. The summed E-state index contributed by atoms with van der Waals surface area (Å²) in [5.74, 6) is -0.461. The minimum atomic E-state index is -0.750. The van der Waals surface area contributed by atoms with Gasteiger partial charge in [-0.3, -0.25) is 9.59 Å². The molecule has 1 atom stereocenters. The molecular formula is C29H34N2O5. The fraction of sp³-hybridized carbons (Fsp3) is 0.310. The normalized spacial score (nSPS) is 15.7. The van der Waals surface area contributed by atoms with Crippen LogP contribution in [-0.4, -0.2) is 67.0 Å². The second kappa shape index (κ2) is 12.7. The van der Waals surface area contributed by atoms with Crippen molar-refractivity contribution in [3.05, 3.63) is 89.7 Å². The zero-order valence-corrected chi connectivity index (χ0v) is 21.1. The van der Waals surface area contributed by atoms with Gasteiger partial charge in [0.1, 0.15) is 6.61 Å². The molecule has 0 fully saturated rings. The number of aliphatic hydroxyl groups excluding tert-OH is 1. The van der Waals surface area contributed by atoms with Crippen LogP contribution in [0.2, 0.25) is 0 Å². The fourth-order valence-corrected chi connectivity index (χ4v) is 4.10. The van der Waals surface area contributed by atoms with Gasteiger partial charge in [-0.05, 0) is 63.3 Å². The average molecular weight is 491 g/mol. The van der Waals surface area contributed by atoms with Crippen LogP contribution in [0.4, 0.5) is 0 Å². The van der Waals surface area contributed by atoms with E-state index < -0.39 is 23.5 Å². The van der Waals surface area contributed by atoms with Crippen LogP contribution in [0.3, 0.4) is 0 Å². The second-order valence-corrected chi connectivity index (χ2v) is 8.67. The van der Waals surface area contributed by atoms with Crippen molar-refractivity contribution in [2.45, 2.75) is 19.4 Å². The van der Waals surface area contributed by atoms with E-state index in [1.54, 1.807) is 35.3 Å². The Morgan fingerprint density at radius 1 is 1.14 bits per heavy atom. The maximum Gasteiger partial charge on any atom is 0.290 e. The number of ether oxygens (including phenoxy) is 2. The van der Waals surface area contributed by atoms with Gasteiger partial charge in [0, 0.05) is 6.54 Å². The highest BCUT2D eigenvalue weighted by molar-refractivity contribution is 6.14. The second-order valence-electron chi connectivity index (χ2n) is 8.67. The molecule has 0 saturated heterocycles. The van der Waals surface area contributed by atoms with Gasteiger partial charge in [0.25, 0.3) is 5.91 Å². The summed E-state index contributed by atoms with van der Waals surface area (Å²) in [5.41, 5.74) is 1.55. The minimum absolute atomic E-state index is 0.0549. The Bertz CT molecular complexity index is 1140. The van der Waals surface area contributed by atoms with Gasteiger partial charge < -0.3 is 24.4 Å². The third-order valence-corrected chi connectivity index (χ3v) is 5.74. The van der Waals surface area contributed by atoms with E-state index in [4.69, 9.17) is 9.47 Å². The summed E-state index contributed by atoms with van der Waals surface area (Å²) in [6, 6.07) is 14.0. The molecule has 3 rings (SSSR count). The smallest absolute Gasteiger partial charge is 0.290 e. The van der Waals surface area contributed by atoms with E-state index in [1.165, 1.54) is 6.08 Å². The summed E-state index contributed by atoms with van der Waals surface area (Å²) in [6.07, 6.45) is 5.40. The molecule has 7 nitrogen and oxygen atoms in total. The average Bonchev–Trinajstić information content (AvgIpc) is 3.12. The van der Waals surface area contributed by atoms with Gasteiger partial charge in [-0.25, -0.2) is 0 Å². The van der Waals surface area contributed by atoms with Gasteiger partial charge in [-0.1, -0.05) is 55.1 Å². The summed E-state index contributed by atoms with van der Waals surface area (Å²) in [6.45, 7) is 7.40. The first-order valence-corrected chi connectivity index (χ1v) is 12.0. The van der Waals surface area contributed by atoms with Crippen molar-refractivity contribution in [1.29, 1.82) is 0 Å². The molecule has 0 aliphatic carbocycles.